The molecule has 2 aliphatic rings. The number of ether oxygens (including phenoxy) is 1. The summed E-state index contributed by atoms with van der Waals surface area (Å²) in [6.45, 7) is 0.292. The molecule has 21 heavy (non-hydrogen) atoms. The highest BCUT2D eigenvalue weighted by atomic mass is 16.6. The predicted octanol–water partition coefficient (Wildman–Crippen LogP) is 1.70. The van der Waals surface area contributed by atoms with Crippen LogP contribution in [0.25, 0.3) is 0 Å². The van der Waals surface area contributed by atoms with Crippen molar-refractivity contribution in [3.05, 3.63) is 39.4 Å². The van der Waals surface area contributed by atoms with E-state index < -0.39 is 10.9 Å². The molecule has 7 nitrogen and oxygen atoms in total. The number of hydrogen-bond donors (Lipinski definition) is 2. The van der Waals surface area contributed by atoms with Gasteiger partial charge in [-0.3, -0.25) is 10.1 Å². The zero-order valence-corrected chi connectivity index (χ0v) is 11.3. The van der Waals surface area contributed by atoms with Crippen molar-refractivity contribution in [2.75, 3.05) is 0 Å². The number of nitro groups is 1. The highest BCUT2D eigenvalue weighted by Gasteiger charge is 2.40. The molecule has 2 heterocycles. The maximum Gasteiger partial charge on any atom is 0.343 e. The average Bonchev–Trinajstić information content (AvgIpc) is 3.06. The summed E-state index contributed by atoms with van der Waals surface area (Å²) in [4.78, 5) is 21.6. The van der Waals surface area contributed by atoms with Crippen molar-refractivity contribution in [1.82, 2.24) is 5.32 Å². The van der Waals surface area contributed by atoms with Crippen molar-refractivity contribution in [2.45, 2.75) is 44.1 Å². The van der Waals surface area contributed by atoms with Crippen LogP contribution >= 0.6 is 0 Å². The topological polar surface area (TPSA) is 102 Å². The van der Waals surface area contributed by atoms with Gasteiger partial charge in [0.05, 0.1) is 17.1 Å². The van der Waals surface area contributed by atoms with E-state index in [-0.39, 0.29) is 23.4 Å². The van der Waals surface area contributed by atoms with Crippen LogP contribution in [-0.4, -0.2) is 34.2 Å². The fourth-order valence-corrected chi connectivity index (χ4v) is 3.23. The van der Waals surface area contributed by atoms with E-state index in [9.17, 15) is 20.0 Å². The number of nitrogens with one attached hydrogen (secondary N) is 1. The van der Waals surface area contributed by atoms with Gasteiger partial charge >= 0.3 is 5.97 Å². The van der Waals surface area contributed by atoms with E-state index in [1.807, 2.05) is 0 Å². The first-order chi connectivity index (χ1) is 10.1. The smallest absolute Gasteiger partial charge is 0.343 e. The fraction of sp³-hybridized carbons (Fsp3) is 0.500. The van der Waals surface area contributed by atoms with Crippen LogP contribution in [0.5, 0.6) is 0 Å². The number of aromatic carboxylic acids is 1. The van der Waals surface area contributed by atoms with Gasteiger partial charge in [0.25, 0.3) is 5.69 Å². The molecule has 112 valence electrons. The summed E-state index contributed by atoms with van der Waals surface area (Å²) in [6, 6.07) is 4.54. The van der Waals surface area contributed by atoms with Crippen LogP contribution in [0.2, 0.25) is 0 Å². The van der Waals surface area contributed by atoms with E-state index in [4.69, 9.17) is 4.74 Å². The van der Waals surface area contributed by atoms with Gasteiger partial charge in [-0.25, -0.2) is 4.79 Å². The van der Waals surface area contributed by atoms with Gasteiger partial charge in [-0.15, -0.1) is 0 Å². The molecule has 0 radical (unpaired) electrons. The number of nitrogens with zero attached hydrogens (tertiary/aromatic N) is 1. The minimum absolute atomic E-state index is 0.182. The Hall–Kier alpha value is -1.99. The van der Waals surface area contributed by atoms with Gasteiger partial charge < -0.3 is 15.2 Å². The van der Waals surface area contributed by atoms with Gasteiger partial charge in [0.2, 0.25) is 0 Å². The number of benzene rings is 1. The van der Waals surface area contributed by atoms with Crippen LogP contribution in [0.15, 0.2) is 18.2 Å². The monoisotopic (exact) mass is 292 g/mol. The van der Waals surface area contributed by atoms with E-state index in [1.165, 1.54) is 12.1 Å². The molecule has 0 aromatic heterocycles. The summed E-state index contributed by atoms with van der Waals surface area (Å²) in [5.74, 6) is -1.27. The average molecular weight is 292 g/mol. The third-order valence-corrected chi connectivity index (χ3v) is 4.20. The third-order valence-electron chi connectivity index (χ3n) is 4.20. The molecule has 2 fully saturated rings. The summed E-state index contributed by atoms with van der Waals surface area (Å²) in [6.07, 6.45) is 3.50. The van der Waals surface area contributed by atoms with Crippen LogP contribution < -0.4 is 5.32 Å². The molecular formula is C14H16N2O5. The number of hydrogen-bond acceptors (Lipinski definition) is 5. The second kappa shape index (κ2) is 5.42. The van der Waals surface area contributed by atoms with Crippen molar-refractivity contribution in [2.24, 2.45) is 0 Å². The molecule has 2 saturated heterocycles. The zero-order chi connectivity index (χ0) is 15.0. The molecule has 0 spiro atoms. The summed E-state index contributed by atoms with van der Waals surface area (Å²) < 4.78 is 5.73. The number of carboxylic acid groups (broad SMARTS) is 1. The lowest BCUT2D eigenvalue weighted by atomic mass is 9.95. The second-order valence-electron chi connectivity index (χ2n) is 5.47. The second-order valence-corrected chi connectivity index (χ2v) is 5.47. The maximum absolute atomic E-state index is 11.3. The largest absolute Gasteiger partial charge is 0.477 e. The number of carbonyl (C=O) groups is 1. The van der Waals surface area contributed by atoms with Crippen molar-refractivity contribution in [1.29, 1.82) is 0 Å². The first kappa shape index (κ1) is 14.0. The molecule has 7 heteroatoms. The molecule has 3 rings (SSSR count). The zero-order valence-electron chi connectivity index (χ0n) is 11.3. The molecule has 1 aromatic rings. The van der Waals surface area contributed by atoms with Crippen LogP contribution in [0.4, 0.5) is 5.69 Å². The Morgan fingerprint density at radius 3 is 2.86 bits per heavy atom. The molecule has 1 aromatic carbocycles. The Kier molecular flexibility index (Phi) is 3.60. The maximum atomic E-state index is 11.3. The minimum Gasteiger partial charge on any atom is -0.477 e. The standard InChI is InChI=1S/C14H16N2O5/c17-14(18)13-8(2-1-3-11(13)16(19)20)7-15-10-6-9-4-5-12(10)21-9/h1-3,9-10,12,15H,4-7H2,(H,17,18). The van der Waals surface area contributed by atoms with Gasteiger partial charge in [0, 0.05) is 18.7 Å². The Morgan fingerprint density at radius 2 is 2.29 bits per heavy atom. The Labute approximate surface area is 121 Å². The van der Waals surface area contributed by atoms with Crippen LogP contribution in [0, 0.1) is 10.1 Å². The third kappa shape index (κ3) is 2.62. The summed E-state index contributed by atoms with van der Waals surface area (Å²) in [5.41, 5.74) is -0.176. The SMILES string of the molecule is O=C(O)c1c(CNC2CC3CCC2O3)cccc1[N+](=O)[O-]. The summed E-state index contributed by atoms with van der Waals surface area (Å²) >= 11 is 0. The number of nitro benzene ring substituents is 1. The molecule has 2 aliphatic heterocycles. The van der Waals surface area contributed by atoms with Gasteiger partial charge in [0.1, 0.15) is 5.56 Å². The minimum atomic E-state index is -1.27. The lowest BCUT2D eigenvalue weighted by molar-refractivity contribution is -0.385. The van der Waals surface area contributed by atoms with Gasteiger partial charge in [-0.05, 0) is 24.8 Å². The van der Waals surface area contributed by atoms with Crippen molar-refractivity contribution in [3.8, 4) is 0 Å². The molecule has 2 bridgehead atoms. The van der Waals surface area contributed by atoms with E-state index in [0.717, 1.165) is 19.3 Å². The molecule has 0 saturated carbocycles. The Bertz CT molecular complexity index is 589. The lowest BCUT2D eigenvalue weighted by Gasteiger charge is -2.20. The molecule has 0 aliphatic carbocycles. The molecule has 2 N–H and O–H groups in total. The lowest BCUT2D eigenvalue weighted by Crippen LogP contribution is -2.37. The number of rotatable bonds is 5. The normalized spacial score (nSPS) is 27.0. The van der Waals surface area contributed by atoms with Crippen molar-refractivity contribution in [3.63, 3.8) is 0 Å². The fourth-order valence-electron chi connectivity index (χ4n) is 3.23. The molecular weight excluding hydrogens is 276 g/mol. The quantitative estimate of drug-likeness (QED) is 0.632. The first-order valence-electron chi connectivity index (χ1n) is 6.94. The summed E-state index contributed by atoms with van der Waals surface area (Å²) in [7, 11) is 0. The number of fused-ring (bicyclic) bond motifs is 2. The van der Waals surface area contributed by atoms with Crippen LogP contribution in [-0.2, 0) is 11.3 Å². The number of carboxylic acids is 1. The van der Waals surface area contributed by atoms with Crippen LogP contribution in [0.3, 0.4) is 0 Å². The van der Waals surface area contributed by atoms with Crippen molar-refractivity contribution >= 4 is 11.7 Å². The highest BCUT2D eigenvalue weighted by molar-refractivity contribution is 5.94. The van der Waals surface area contributed by atoms with E-state index in [2.05, 4.69) is 5.32 Å². The Balaban J connectivity index is 1.77. The van der Waals surface area contributed by atoms with Gasteiger partial charge in [-0.1, -0.05) is 12.1 Å². The Morgan fingerprint density at radius 1 is 1.48 bits per heavy atom. The molecule has 3 atom stereocenters. The van der Waals surface area contributed by atoms with E-state index >= 15 is 0 Å². The van der Waals surface area contributed by atoms with E-state index in [1.54, 1.807) is 6.07 Å². The van der Waals surface area contributed by atoms with Gasteiger partial charge in [0.15, 0.2) is 0 Å². The molecule has 3 unspecified atom stereocenters. The van der Waals surface area contributed by atoms with Crippen molar-refractivity contribution < 1.29 is 19.6 Å². The van der Waals surface area contributed by atoms with Gasteiger partial charge in [-0.2, -0.15) is 0 Å². The highest BCUT2D eigenvalue weighted by Crippen LogP contribution is 2.34. The first-order valence-corrected chi connectivity index (χ1v) is 6.94. The van der Waals surface area contributed by atoms with Crippen LogP contribution in [0.1, 0.15) is 35.2 Å². The molecule has 0 amide bonds. The predicted molar refractivity (Wildman–Crippen MR) is 73.2 cm³/mol. The summed E-state index contributed by atoms with van der Waals surface area (Å²) in [5, 5.41) is 23.5. The van der Waals surface area contributed by atoms with E-state index in [0.29, 0.717) is 18.2 Å².